The third kappa shape index (κ3) is 2.33. The normalized spacial score (nSPS) is 26.4. The topological polar surface area (TPSA) is 57.8 Å². The highest BCUT2D eigenvalue weighted by molar-refractivity contribution is 6.30. The van der Waals surface area contributed by atoms with E-state index in [1.807, 2.05) is 24.3 Å². The van der Waals surface area contributed by atoms with Crippen LogP contribution in [0.1, 0.15) is 29.6 Å². The number of hydrogen-bond donors (Lipinski definition) is 2. The molecular formula is C16H16ClN3O. The number of amides is 1. The molecule has 21 heavy (non-hydrogen) atoms. The van der Waals surface area contributed by atoms with Crippen LogP contribution in [0.2, 0.25) is 5.02 Å². The molecule has 1 aromatic heterocycles. The highest BCUT2D eigenvalue weighted by atomic mass is 35.5. The second kappa shape index (κ2) is 4.88. The SMILES string of the molecule is O=C(NC1CCC2CC21)c1cn[nH]c1-c1cccc(Cl)c1. The summed E-state index contributed by atoms with van der Waals surface area (Å²) >= 11 is 6.02. The van der Waals surface area contributed by atoms with Crippen molar-refractivity contribution in [3.8, 4) is 11.3 Å². The zero-order valence-electron chi connectivity index (χ0n) is 11.5. The summed E-state index contributed by atoms with van der Waals surface area (Å²) in [6.45, 7) is 0. The standard InChI is InChI=1S/C16H16ClN3O/c17-11-3-1-2-10(6-11)15-13(8-18-20-15)16(21)19-14-5-4-9-7-12(9)14/h1-3,6,8-9,12,14H,4-5,7H2,(H,18,20)(H,19,21). The zero-order chi connectivity index (χ0) is 14.4. The van der Waals surface area contributed by atoms with Gasteiger partial charge in [-0.3, -0.25) is 9.89 Å². The van der Waals surface area contributed by atoms with Gasteiger partial charge in [0.15, 0.2) is 0 Å². The van der Waals surface area contributed by atoms with Crippen molar-refractivity contribution in [3.05, 3.63) is 41.0 Å². The molecule has 1 amide bonds. The number of benzene rings is 1. The highest BCUT2D eigenvalue weighted by Gasteiger charge is 2.48. The van der Waals surface area contributed by atoms with Gasteiger partial charge in [-0.2, -0.15) is 5.10 Å². The van der Waals surface area contributed by atoms with Crippen molar-refractivity contribution in [2.24, 2.45) is 11.8 Å². The number of aromatic nitrogens is 2. The Hall–Kier alpha value is -1.81. The number of halogens is 1. The Bertz CT molecular complexity index is 696. The maximum Gasteiger partial charge on any atom is 0.255 e. The van der Waals surface area contributed by atoms with Gasteiger partial charge >= 0.3 is 0 Å². The second-order valence-corrected chi connectivity index (χ2v) is 6.42. The molecule has 2 aliphatic carbocycles. The van der Waals surface area contributed by atoms with Gasteiger partial charge in [0.1, 0.15) is 0 Å². The fourth-order valence-corrected chi connectivity index (χ4v) is 3.64. The number of nitrogens with zero attached hydrogens (tertiary/aromatic N) is 1. The minimum absolute atomic E-state index is 0.0451. The van der Waals surface area contributed by atoms with Crippen LogP contribution in [-0.4, -0.2) is 22.1 Å². The lowest BCUT2D eigenvalue weighted by Crippen LogP contribution is -2.35. The van der Waals surface area contributed by atoms with E-state index in [1.165, 1.54) is 12.8 Å². The summed E-state index contributed by atoms with van der Waals surface area (Å²) in [5.41, 5.74) is 2.18. The van der Waals surface area contributed by atoms with Gasteiger partial charge in [0, 0.05) is 16.6 Å². The molecule has 3 unspecified atom stereocenters. The summed E-state index contributed by atoms with van der Waals surface area (Å²) in [5, 5.41) is 10.7. The summed E-state index contributed by atoms with van der Waals surface area (Å²) in [4.78, 5) is 12.5. The van der Waals surface area contributed by atoms with Gasteiger partial charge in [0.25, 0.3) is 5.91 Å². The maximum atomic E-state index is 12.5. The van der Waals surface area contributed by atoms with Crippen molar-refractivity contribution in [2.75, 3.05) is 0 Å². The zero-order valence-corrected chi connectivity index (χ0v) is 12.2. The summed E-state index contributed by atoms with van der Waals surface area (Å²) in [6, 6.07) is 7.77. The lowest BCUT2D eigenvalue weighted by molar-refractivity contribution is 0.0934. The van der Waals surface area contributed by atoms with Crippen molar-refractivity contribution < 1.29 is 4.79 Å². The quantitative estimate of drug-likeness (QED) is 0.914. The molecule has 1 aromatic carbocycles. The molecule has 2 saturated carbocycles. The van der Waals surface area contributed by atoms with Gasteiger partial charge in [-0.15, -0.1) is 0 Å². The van der Waals surface area contributed by atoms with Crippen LogP contribution in [0.15, 0.2) is 30.5 Å². The van der Waals surface area contributed by atoms with Crippen LogP contribution < -0.4 is 5.32 Å². The van der Waals surface area contributed by atoms with E-state index in [2.05, 4.69) is 15.5 Å². The van der Waals surface area contributed by atoms with Crippen LogP contribution in [0.4, 0.5) is 0 Å². The number of carbonyl (C=O) groups excluding carboxylic acids is 1. The smallest absolute Gasteiger partial charge is 0.255 e. The summed E-state index contributed by atoms with van der Waals surface area (Å²) in [6.07, 6.45) is 5.22. The number of fused-ring (bicyclic) bond motifs is 1. The number of rotatable bonds is 3. The molecule has 108 valence electrons. The van der Waals surface area contributed by atoms with E-state index in [0.717, 1.165) is 23.6 Å². The third-order valence-corrected chi connectivity index (χ3v) is 4.89. The van der Waals surface area contributed by atoms with Gasteiger partial charge in [0.05, 0.1) is 17.5 Å². The van der Waals surface area contributed by atoms with Crippen molar-refractivity contribution >= 4 is 17.5 Å². The first-order valence-electron chi connectivity index (χ1n) is 7.32. The number of hydrogen-bond acceptors (Lipinski definition) is 2. The average Bonchev–Trinajstić information content (AvgIpc) is 2.92. The molecule has 2 aliphatic rings. The fraction of sp³-hybridized carbons (Fsp3) is 0.375. The van der Waals surface area contributed by atoms with Crippen molar-refractivity contribution in [3.63, 3.8) is 0 Å². The number of carbonyl (C=O) groups is 1. The summed E-state index contributed by atoms with van der Waals surface area (Å²) in [5.74, 6) is 1.51. The Labute approximate surface area is 127 Å². The molecule has 2 aromatic rings. The van der Waals surface area contributed by atoms with E-state index in [1.54, 1.807) is 6.20 Å². The molecule has 5 heteroatoms. The Morgan fingerprint density at radius 2 is 2.29 bits per heavy atom. The maximum absolute atomic E-state index is 12.5. The van der Waals surface area contributed by atoms with Gasteiger partial charge in [-0.25, -0.2) is 0 Å². The van der Waals surface area contributed by atoms with E-state index in [4.69, 9.17) is 11.6 Å². The fourth-order valence-electron chi connectivity index (χ4n) is 3.45. The Kier molecular flexibility index (Phi) is 3.00. The van der Waals surface area contributed by atoms with Gasteiger partial charge in [-0.1, -0.05) is 23.7 Å². The molecule has 0 aliphatic heterocycles. The molecule has 0 radical (unpaired) electrons. The minimum Gasteiger partial charge on any atom is -0.349 e. The van der Waals surface area contributed by atoms with E-state index in [-0.39, 0.29) is 5.91 Å². The van der Waals surface area contributed by atoms with E-state index in [9.17, 15) is 4.79 Å². The Balaban J connectivity index is 1.58. The second-order valence-electron chi connectivity index (χ2n) is 5.99. The van der Waals surface area contributed by atoms with Crippen molar-refractivity contribution in [1.82, 2.24) is 15.5 Å². The Morgan fingerprint density at radius 1 is 1.38 bits per heavy atom. The van der Waals surface area contributed by atoms with Crippen LogP contribution in [0, 0.1) is 11.8 Å². The molecule has 0 spiro atoms. The van der Waals surface area contributed by atoms with Gasteiger partial charge < -0.3 is 5.32 Å². The summed E-state index contributed by atoms with van der Waals surface area (Å²) < 4.78 is 0. The van der Waals surface area contributed by atoms with Crippen LogP contribution in [0.3, 0.4) is 0 Å². The van der Waals surface area contributed by atoms with Gasteiger partial charge in [-0.05, 0) is 43.2 Å². The van der Waals surface area contributed by atoms with Crippen molar-refractivity contribution in [1.29, 1.82) is 0 Å². The van der Waals surface area contributed by atoms with E-state index in [0.29, 0.717) is 22.5 Å². The first kappa shape index (κ1) is 12.9. The van der Waals surface area contributed by atoms with Crippen molar-refractivity contribution in [2.45, 2.75) is 25.3 Å². The highest BCUT2D eigenvalue weighted by Crippen LogP contribution is 2.51. The molecular weight excluding hydrogens is 286 g/mol. The molecule has 2 N–H and O–H groups in total. The van der Waals surface area contributed by atoms with Crippen LogP contribution in [0.25, 0.3) is 11.3 Å². The first-order valence-corrected chi connectivity index (χ1v) is 7.70. The average molecular weight is 302 g/mol. The molecule has 0 saturated heterocycles. The largest absolute Gasteiger partial charge is 0.349 e. The number of aromatic amines is 1. The van der Waals surface area contributed by atoms with Crippen LogP contribution in [-0.2, 0) is 0 Å². The molecule has 0 bridgehead atoms. The molecule has 3 atom stereocenters. The van der Waals surface area contributed by atoms with E-state index < -0.39 is 0 Å². The molecule has 4 nitrogen and oxygen atoms in total. The Morgan fingerprint density at radius 3 is 3.00 bits per heavy atom. The van der Waals surface area contributed by atoms with Crippen LogP contribution >= 0.6 is 11.6 Å². The lowest BCUT2D eigenvalue weighted by atomic mass is 10.1. The van der Waals surface area contributed by atoms with Gasteiger partial charge in [0.2, 0.25) is 0 Å². The van der Waals surface area contributed by atoms with E-state index >= 15 is 0 Å². The lowest BCUT2D eigenvalue weighted by Gasteiger charge is -2.14. The predicted octanol–water partition coefficient (Wildman–Crippen LogP) is 3.26. The molecule has 4 rings (SSSR count). The minimum atomic E-state index is -0.0451. The third-order valence-electron chi connectivity index (χ3n) is 4.66. The number of H-pyrrole nitrogens is 1. The predicted molar refractivity (Wildman–Crippen MR) is 81.1 cm³/mol. The summed E-state index contributed by atoms with van der Waals surface area (Å²) in [7, 11) is 0. The monoisotopic (exact) mass is 301 g/mol. The van der Waals surface area contributed by atoms with Crippen LogP contribution in [0.5, 0.6) is 0 Å². The first-order chi connectivity index (χ1) is 10.2. The molecule has 1 heterocycles. The number of nitrogens with one attached hydrogen (secondary N) is 2. The molecule has 2 fully saturated rings.